The number of hydrogen-bond donors (Lipinski definition) is 0. The van der Waals surface area contributed by atoms with Gasteiger partial charge in [0.15, 0.2) is 4.80 Å². The minimum Gasteiger partial charge on any atom is -0.463 e. The van der Waals surface area contributed by atoms with Gasteiger partial charge in [-0.15, -0.1) is 0 Å². The van der Waals surface area contributed by atoms with Crippen molar-refractivity contribution in [2.75, 3.05) is 25.6 Å². The van der Waals surface area contributed by atoms with Crippen molar-refractivity contribution in [2.45, 2.75) is 19.9 Å². The number of thiazole rings is 1. The summed E-state index contributed by atoms with van der Waals surface area (Å²) in [4.78, 5) is 33.5. The third-order valence-corrected chi connectivity index (χ3v) is 6.25. The Balaban J connectivity index is 1.93. The standard InChI is InChI=1S/C23H25N5O3S/c1-6-31-22(30)19-14(2)25-23-28(20(19)16-7-9-17(10-8-16)26(3)4)21(29)18(32-23)11-15-12-24-27(5)13-15/h7-13,20H,6H2,1-5H3/t20-/m0/s1. The predicted molar refractivity (Wildman–Crippen MR) is 124 cm³/mol. The van der Waals surface area contributed by atoms with Gasteiger partial charge < -0.3 is 9.64 Å². The number of hydrogen-bond acceptors (Lipinski definition) is 7. The fourth-order valence-electron chi connectivity index (χ4n) is 3.73. The van der Waals surface area contributed by atoms with Crippen molar-refractivity contribution in [3.05, 3.63) is 78.7 Å². The molecule has 2 aromatic heterocycles. The number of rotatable bonds is 5. The molecule has 9 heteroatoms. The number of benzene rings is 1. The van der Waals surface area contributed by atoms with Crippen molar-refractivity contribution in [1.82, 2.24) is 14.3 Å². The van der Waals surface area contributed by atoms with E-state index in [0.717, 1.165) is 16.8 Å². The average Bonchev–Trinajstić information content (AvgIpc) is 3.30. The van der Waals surface area contributed by atoms with Gasteiger partial charge in [-0.1, -0.05) is 23.5 Å². The molecule has 0 radical (unpaired) electrons. The van der Waals surface area contributed by atoms with Crippen LogP contribution >= 0.6 is 11.3 Å². The van der Waals surface area contributed by atoms with Crippen molar-refractivity contribution in [2.24, 2.45) is 12.0 Å². The first-order chi connectivity index (χ1) is 15.3. The number of carbonyl (C=O) groups excluding carboxylic acids is 1. The maximum atomic E-state index is 13.5. The van der Waals surface area contributed by atoms with Gasteiger partial charge in [0, 0.05) is 38.6 Å². The fourth-order valence-corrected chi connectivity index (χ4v) is 4.77. The van der Waals surface area contributed by atoms with Crippen molar-refractivity contribution < 1.29 is 9.53 Å². The molecular weight excluding hydrogens is 426 g/mol. The molecular formula is C23H25N5O3S. The number of anilines is 1. The van der Waals surface area contributed by atoms with Crippen molar-refractivity contribution in [3.8, 4) is 0 Å². The van der Waals surface area contributed by atoms with Crippen LogP contribution in [-0.2, 0) is 16.6 Å². The summed E-state index contributed by atoms with van der Waals surface area (Å²) in [5.41, 5.74) is 3.40. The molecule has 0 aliphatic carbocycles. The molecule has 1 aromatic carbocycles. The summed E-state index contributed by atoms with van der Waals surface area (Å²) in [5, 5.41) is 4.16. The molecule has 1 atom stereocenters. The number of ether oxygens (including phenoxy) is 1. The summed E-state index contributed by atoms with van der Waals surface area (Å²) in [6, 6.07) is 7.21. The van der Waals surface area contributed by atoms with Gasteiger partial charge in [0.05, 0.1) is 34.6 Å². The van der Waals surface area contributed by atoms with Gasteiger partial charge in [-0.05, 0) is 37.6 Å². The van der Waals surface area contributed by atoms with E-state index in [0.29, 0.717) is 20.6 Å². The number of esters is 1. The van der Waals surface area contributed by atoms with Crippen LogP contribution in [0.1, 0.15) is 31.0 Å². The van der Waals surface area contributed by atoms with Crippen LogP contribution in [-0.4, -0.2) is 41.0 Å². The molecule has 0 saturated heterocycles. The Labute approximate surface area is 189 Å². The molecule has 0 amide bonds. The summed E-state index contributed by atoms with van der Waals surface area (Å²) < 4.78 is 9.14. The quantitative estimate of drug-likeness (QED) is 0.551. The molecule has 0 bridgehead atoms. The Bertz CT molecular complexity index is 1380. The van der Waals surface area contributed by atoms with Crippen LogP contribution in [0.5, 0.6) is 0 Å². The van der Waals surface area contributed by atoms with E-state index in [1.807, 2.05) is 56.5 Å². The molecule has 8 nitrogen and oxygen atoms in total. The summed E-state index contributed by atoms with van der Waals surface area (Å²) in [6.45, 7) is 3.79. The maximum Gasteiger partial charge on any atom is 0.338 e. The molecule has 0 unspecified atom stereocenters. The fraction of sp³-hybridized carbons (Fsp3) is 0.304. The number of allylic oxidation sites excluding steroid dienone is 1. The van der Waals surface area contributed by atoms with E-state index < -0.39 is 12.0 Å². The van der Waals surface area contributed by atoms with Crippen LogP contribution in [0.3, 0.4) is 0 Å². The Morgan fingerprint density at radius 2 is 2.00 bits per heavy atom. The SMILES string of the molecule is CCOC(=O)C1=C(C)N=c2sc(=Cc3cnn(C)c3)c(=O)n2[C@H]1c1ccc(N(C)C)cc1. The molecule has 0 saturated carbocycles. The summed E-state index contributed by atoms with van der Waals surface area (Å²) in [7, 11) is 5.75. The van der Waals surface area contributed by atoms with Crippen LogP contribution in [0.15, 0.2) is 57.7 Å². The zero-order valence-corrected chi connectivity index (χ0v) is 19.5. The molecule has 0 fully saturated rings. The molecule has 3 aromatic rings. The Morgan fingerprint density at radius 3 is 2.59 bits per heavy atom. The predicted octanol–water partition coefficient (Wildman–Crippen LogP) is 1.60. The Kier molecular flexibility index (Phi) is 5.84. The van der Waals surface area contributed by atoms with Crippen LogP contribution in [0, 0.1) is 0 Å². The van der Waals surface area contributed by atoms with E-state index in [9.17, 15) is 9.59 Å². The number of aromatic nitrogens is 3. The van der Waals surface area contributed by atoms with E-state index in [4.69, 9.17) is 4.74 Å². The van der Waals surface area contributed by atoms with Gasteiger partial charge >= 0.3 is 5.97 Å². The zero-order chi connectivity index (χ0) is 23.0. The summed E-state index contributed by atoms with van der Waals surface area (Å²) in [6.07, 6.45) is 5.34. The highest BCUT2D eigenvalue weighted by Crippen LogP contribution is 2.31. The smallest absolute Gasteiger partial charge is 0.338 e. The first kappa shape index (κ1) is 21.8. The van der Waals surface area contributed by atoms with Gasteiger partial charge in [0.25, 0.3) is 5.56 Å². The minimum absolute atomic E-state index is 0.200. The van der Waals surface area contributed by atoms with E-state index in [1.54, 1.807) is 35.4 Å². The van der Waals surface area contributed by atoms with Crippen molar-refractivity contribution >= 4 is 29.1 Å². The summed E-state index contributed by atoms with van der Waals surface area (Å²) in [5.74, 6) is -0.461. The molecule has 1 aliphatic heterocycles. The highest BCUT2D eigenvalue weighted by Gasteiger charge is 2.33. The van der Waals surface area contributed by atoms with Crippen LogP contribution in [0.4, 0.5) is 5.69 Å². The number of fused-ring (bicyclic) bond motifs is 1. The van der Waals surface area contributed by atoms with Gasteiger partial charge in [-0.3, -0.25) is 14.0 Å². The lowest BCUT2D eigenvalue weighted by Gasteiger charge is -2.25. The molecule has 32 heavy (non-hydrogen) atoms. The third-order valence-electron chi connectivity index (χ3n) is 5.26. The third kappa shape index (κ3) is 3.91. The van der Waals surface area contributed by atoms with Crippen LogP contribution in [0.2, 0.25) is 0 Å². The molecule has 1 aliphatic rings. The number of aryl methyl sites for hydroxylation is 1. The molecule has 0 N–H and O–H groups in total. The second kappa shape index (κ2) is 8.58. The summed E-state index contributed by atoms with van der Waals surface area (Å²) >= 11 is 1.30. The minimum atomic E-state index is -0.613. The topological polar surface area (TPSA) is 81.7 Å². The van der Waals surface area contributed by atoms with E-state index >= 15 is 0 Å². The molecule has 0 spiro atoms. The molecule has 166 valence electrons. The lowest BCUT2D eigenvalue weighted by atomic mass is 9.95. The van der Waals surface area contributed by atoms with Crippen LogP contribution in [0.25, 0.3) is 6.08 Å². The highest BCUT2D eigenvalue weighted by molar-refractivity contribution is 7.07. The average molecular weight is 452 g/mol. The first-order valence-corrected chi connectivity index (χ1v) is 11.1. The lowest BCUT2D eigenvalue weighted by Crippen LogP contribution is -2.39. The molecule has 4 rings (SSSR count). The largest absolute Gasteiger partial charge is 0.463 e. The van der Waals surface area contributed by atoms with Gasteiger partial charge in [0.1, 0.15) is 0 Å². The second-order valence-corrected chi connectivity index (χ2v) is 8.74. The Hall–Kier alpha value is -3.46. The zero-order valence-electron chi connectivity index (χ0n) is 18.7. The Morgan fingerprint density at radius 1 is 1.28 bits per heavy atom. The van der Waals surface area contributed by atoms with E-state index in [1.165, 1.54) is 11.3 Å². The lowest BCUT2D eigenvalue weighted by molar-refractivity contribution is -0.139. The second-order valence-electron chi connectivity index (χ2n) is 7.74. The monoisotopic (exact) mass is 451 g/mol. The maximum absolute atomic E-state index is 13.5. The normalized spacial score (nSPS) is 16.0. The van der Waals surface area contributed by atoms with Crippen molar-refractivity contribution in [3.63, 3.8) is 0 Å². The molecule has 3 heterocycles. The van der Waals surface area contributed by atoms with E-state index in [2.05, 4.69) is 10.1 Å². The van der Waals surface area contributed by atoms with Gasteiger partial charge in [0.2, 0.25) is 0 Å². The first-order valence-electron chi connectivity index (χ1n) is 10.3. The van der Waals surface area contributed by atoms with Crippen LogP contribution < -0.4 is 19.8 Å². The number of carbonyl (C=O) groups is 1. The van der Waals surface area contributed by atoms with Gasteiger partial charge in [-0.2, -0.15) is 5.10 Å². The highest BCUT2D eigenvalue weighted by atomic mass is 32.1. The van der Waals surface area contributed by atoms with Gasteiger partial charge in [-0.25, -0.2) is 9.79 Å². The number of nitrogens with zero attached hydrogens (tertiary/aromatic N) is 5. The van der Waals surface area contributed by atoms with E-state index in [-0.39, 0.29) is 12.2 Å². The van der Waals surface area contributed by atoms with Crippen molar-refractivity contribution in [1.29, 1.82) is 0 Å².